The summed E-state index contributed by atoms with van der Waals surface area (Å²) in [7, 11) is 1.61. The van der Waals surface area contributed by atoms with E-state index in [4.69, 9.17) is 16.3 Å². The molecule has 1 N–H and O–H groups in total. The van der Waals surface area contributed by atoms with Crippen LogP contribution in [0.25, 0.3) is 0 Å². The number of methoxy groups -OCH3 is 1. The lowest BCUT2D eigenvalue weighted by atomic mass is 9.76. The molecule has 1 aromatic rings. The van der Waals surface area contributed by atoms with E-state index >= 15 is 0 Å². The Labute approximate surface area is 133 Å². The molecule has 2 rings (SSSR count). The highest BCUT2D eigenvalue weighted by atomic mass is 35.5. The highest BCUT2D eigenvalue weighted by Gasteiger charge is 2.36. The van der Waals surface area contributed by atoms with Crippen molar-refractivity contribution in [2.45, 2.75) is 58.5 Å². The van der Waals surface area contributed by atoms with Crippen molar-refractivity contribution >= 4 is 11.6 Å². The van der Waals surface area contributed by atoms with E-state index < -0.39 is 5.60 Å². The molecule has 1 aromatic carbocycles. The van der Waals surface area contributed by atoms with Crippen molar-refractivity contribution < 1.29 is 9.84 Å². The van der Waals surface area contributed by atoms with Crippen molar-refractivity contribution in [3.8, 4) is 5.75 Å². The van der Waals surface area contributed by atoms with Crippen LogP contribution in [0.1, 0.15) is 58.4 Å². The second kappa shape index (κ2) is 6.18. The zero-order valence-corrected chi connectivity index (χ0v) is 14.3. The highest BCUT2D eigenvalue weighted by Crippen LogP contribution is 2.44. The van der Waals surface area contributed by atoms with Gasteiger partial charge in [-0.25, -0.2) is 0 Å². The molecule has 0 spiro atoms. The Balaban J connectivity index is 2.22. The molecule has 0 aliphatic heterocycles. The smallest absolute Gasteiger partial charge is 0.137 e. The Hall–Kier alpha value is -0.730. The molecular weight excluding hydrogens is 284 g/mol. The van der Waals surface area contributed by atoms with E-state index in [-0.39, 0.29) is 0 Å². The van der Waals surface area contributed by atoms with Gasteiger partial charge in [-0.05, 0) is 61.1 Å². The molecule has 0 saturated heterocycles. The molecule has 0 aromatic heterocycles. The van der Waals surface area contributed by atoms with Gasteiger partial charge in [0.1, 0.15) is 5.75 Å². The monoisotopic (exact) mass is 310 g/mol. The third-order valence-electron chi connectivity index (χ3n) is 4.96. The van der Waals surface area contributed by atoms with Gasteiger partial charge in [-0.1, -0.05) is 38.4 Å². The van der Waals surface area contributed by atoms with Crippen LogP contribution in [-0.4, -0.2) is 12.2 Å². The molecule has 0 bridgehead atoms. The highest BCUT2D eigenvalue weighted by molar-refractivity contribution is 6.32. The number of rotatable bonds is 2. The van der Waals surface area contributed by atoms with Crippen LogP contribution in [0.5, 0.6) is 5.75 Å². The summed E-state index contributed by atoms with van der Waals surface area (Å²) < 4.78 is 5.29. The predicted molar refractivity (Wildman–Crippen MR) is 87.9 cm³/mol. The summed E-state index contributed by atoms with van der Waals surface area (Å²) in [5, 5.41) is 11.7. The number of aliphatic hydroxyl groups is 1. The third kappa shape index (κ3) is 3.73. The van der Waals surface area contributed by atoms with Crippen LogP contribution in [0.4, 0.5) is 0 Å². The maximum atomic E-state index is 11.1. The van der Waals surface area contributed by atoms with Crippen LogP contribution in [0.3, 0.4) is 0 Å². The third-order valence-corrected chi connectivity index (χ3v) is 5.27. The molecule has 1 aliphatic rings. The number of halogens is 1. The van der Waals surface area contributed by atoms with Crippen LogP contribution in [-0.2, 0) is 5.60 Å². The first kappa shape index (κ1) is 16.6. The van der Waals surface area contributed by atoms with Gasteiger partial charge < -0.3 is 9.84 Å². The molecule has 118 valence electrons. The standard InChI is InChI=1S/C18H27ClO2/c1-17(2,3)13-6-5-10-18(20,11-9-13)14-7-8-15(19)16(12-14)21-4/h7-8,12-13,20H,5-6,9-11H2,1-4H3. The zero-order chi connectivity index (χ0) is 15.7. The lowest BCUT2D eigenvalue weighted by Gasteiger charge is -2.31. The van der Waals surface area contributed by atoms with Gasteiger partial charge in [0.2, 0.25) is 0 Å². The SMILES string of the molecule is COc1cc(C2(O)CCCC(C(C)(C)C)CC2)ccc1Cl. The average Bonchev–Trinajstić information content (AvgIpc) is 2.61. The molecule has 0 radical (unpaired) electrons. The Morgan fingerprint density at radius 2 is 1.95 bits per heavy atom. The van der Waals surface area contributed by atoms with Crippen molar-refractivity contribution in [1.29, 1.82) is 0 Å². The summed E-state index contributed by atoms with van der Waals surface area (Å²) in [5.74, 6) is 1.31. The topological polar surface area (TPSA) is 29.5 Å². The molecule has 1 fully saturated rings. The Morgan fingerprint density at radius 3 is 2.57 bits per heavy atom. The molecule has 0 heterocycles. The molecule has 2 unspecified atom stereocenters. The van der Waals surface area contributed by atoms with E-state index in [1.165, 1.54) is 6.42 Å². The van der Waals surface area contributed by atoms with Crippen molar-refractivity contribution in [3.63, 3.8) is 0 Å². The fourth-order valence-corrected chi connectivity index (χ4v) is 3.62. The van der Waals surface area contributed by atoms with Crippen LogP contribution in [0.15, 0.2) is 18.2 Å². The first-order valence-corrected chi connectivity index (χ1v) is 8.20. The summed E-state index contributed by atoms with van der Waals surface area (Å²) in [6.07, 6.45) is 4.93. The van der Waals surface area contributed by atoms with Crippen LogP contribution in [0.2, 0.25) is 5.02 Å². The van der Waals surface area contributed by atoms with E-state index in [2.05, 4.69) is 20.8 Å². The van der Waals surface area contributed by atoms with Crippen LogP contribution >= 0.6 is 11.6 Å². The summed E-state index contributed by atoms with van der Waals surface area (Å²) >= 11 is 6.09. The fraction of sp³-hybridized carbons (Fsp3) is 0.667. The molecule has 0 amide bonds. The second-order valence-electron chi connectivity index (χ2n) is 7.37. The Bertz CT molecular complexity index is 492. The summed E-state index contributed by atoms with van der Waals surface area (Å²) in [6, 6.07) is 5.64. The van der Waals surface area contributed by atoms with E-state index in [9.17, 15) is 5.11 Å². The van der Waals surface area contributed by atoms with Crippen molar-refractivity contribution in [2.75, 3.05) is 7.11 Å². The largest absolute Gasteiger partial charge is 0.495 e. The molecule has 2 atom stereocenters. The van der Waals surface area contributed by atoms with E-state index in [0.29, 0.717) is 22.1 Å². The summed E-state index contributed by atoms with van der Waals surface area (Å²) in [5.41, 5.74) is 0.485. The summed E-state index contributed by atoms with van der Waals surface area (Å²) in [6.45, 7) is 6.90. The van der Waals surface area contributed by atoms with Crippen LogP contribution in [0, 0.1) is 11.3 Å². The summed E-state index contributed by atoms with van der Waals surface area (Å²) in [4.78, 5) is 0. The normalized spacial score (nSPS) is 27.2. The van der Waals surface area contributed by atoms with Gasteiger partial charge in [0.25, 0.3) is 0 Å². The first-order chi connectivity index (χ1) is 9.76. The van der Waals surface area contributed by atoms with Crippen molar-refractivity contribution in [1.82, 2.24) is 0 Å². The molecule has 21 heavy (non-hydrogen) atoms. The minimum absolute atomic E-state index is 0.308. The van der Waals surface area contributed by atoms with Crippen molar-refractivity contribution in [2.24, 2.45) is 11.3 Å². The minimum Gasteiger partial charge on any atom is -0.495 e. The van der Waals surface area contributed by atoms with Gasteiger partial charge in [0, 0.05) is 0 Å². The van der Waals surface area contributed by atoms with E-state index in [1.54, 1.807) is 7.11 Å². The number of hydrogen-bond acceptors (Lipinski definition) is 2. The molecule has 3 heteroatoms. The molecular formula is C18H27ClO2. The number of benzene rings is 1. The van der Waals surface area contributed by atoms with Gasteiger partial charge in [-0.3, -0.25) is 0 Å². The predicted octanol–water partition coefficient (Wildman–Crippen LogP) is 5.16. The van der Waals surface area contributed by atoms with Gasteiger partial charge in [0.15, 0.2) is 0 Å². The first-order valence-electron chi connectivity index (χ1n) is 7.83. The van der Waals surface area contributed by atoms with Gasteiger partial charge in [0.05, 0.1) is 17.7 Å². The lowest BCUT2D eigenvalue weighted by molar-refractivity contribution is 0.0178. The molecule has 1 saturated carbocycles. The van der Waals surface area contributed by atoms with Gasteiger partial charge in [-0.2, -0.15) is 0 Å². The minimum atomic E-state index is -0.752. The number of hydrogen-bond donors (Lipinski definition) is 1. The molecule has 1 aliphatic carbocycles. The fourth-order valence-electron chi connectivity index (χ4n) is 3.43. The number of ether oxygens (including phenoxy) is 1. The zero-order valence-electron chi connectivity index (χ0n) is 13.6. The van der Waals surface area contributed by atoms with Crippen molar-refractivity contribution in [3.05, 3.63) is 28.8 Å². The van der Waals surface area contributed by atoms with E-state index in [1.807, 2.05) is 18.2 Å². The second-order valence-corrected chi connectivity index (χ2v) is 7.78. The maximum absolute atomic E-state index is 11.1. The maximum Gasteiger partial charge on any atom is 0.137 e. The van der Waals surface area contributed by atoms with Gasteiger partial charge >= 0.3 is 0 Å². The lowest BCUT2D eigenvalue weighted by Crippen LogP contribution is -2.26. The Kier molecular flexibility index (Phi) is 4.89. The van der Waals surface area contributed by atoms with Gasteiger partial charge in [-0.15, -0.1) is 0 Å². The Morgan fingerprint density at radius 1 is 1.24 bits per heavy atom. The van der Waals surface area contributed by atoms with E-state index in [0.717, 1.165) is 31.2 Å². The average molecular weight is 311 g/mol. The molecule has 2 nitrogen and oxygen atoms in total. The van der Waals surface area contributed by atoms with Crippen LogP contribution < -0.4 is 4.74 Å². The quantitative estimate of drug-likeness (QED) is 0.764.